The van der Waals surface area contributed by atoms with Gasteiger partial charge in [-0.2, -0.15) is 0 Å². The summed E-state index contributed by atoms with van der Waals surface area (Å²) in [5.74, 6) is -2.51. The molecule has 0 aromatic heterocycles. The predicted octanol–water partition coefficient (Wildman–Crippen LogP) is 0.199. The SMILES string of the molecule is CCCCC(O)O.O=C(O)/C=C\C(=O)O. The molecule has 0 amide bonds. The highest BCUT2D eigenvalue weighted by Crippen LogP contribution is 1.95. The van der Waals surface area contributed by atoms with Crippen molar-refractivity contribution in [1.82, 2.24) is 0 Å². The van der Waals surface area contributed by atoms with Crippen LogP contribution in [-0.4, -0.2) is 38.7 Å². The third-order valence-corrected chi connectivity index (χ3v) is 1.18. The van der Waals surface area contributed by atoms with Crippen molar-refractivity contribution >= 4 is 11.9 Å². The Morgan fingerprint density at radius 3 is 1.67 bits per heavy atom. The molecule has 4 N–H and O–H groups in total. The summed E-state index contributed by atoms with van der Waals surface area (Å²) in [5.41, 5.74) is 0. The zero-order chi connectivity index (χ0) is 12.3. The van der Waals surface area contributed by atoms with Gasteiger partial charge in [-0.15, -0.1) is 0 Å². The maximum Gasteiger partial charge on any atom is 0.328 e. The summed E-state index contributed by atoms with van der Waals surface area (Å²) in [6.07, 6.45) is 2.45. The lowest BCUT2D eigenvalue weighted by molar-refractivity contribution is -0.134. The van der Waals surface area contributed by atoms with E-state index < -0.39 is 18.2 Å². The minimum absolute atomic E-state index is 0.510. The van der Waals surface area contributed by atoms with Crippen LogP contribution in [0.25, 0.3) is 0 Å². The summed E-state index contributed by atoms with van der Waals surface area (Å²) in [5, 5.41) is 32.1. The Morgan fingerprint density at radius 1 is 1.13 bits per heavy atom. The largest absolute Gasteiger partial charge is 0.478 e. The minimum atomic E-state index is -1.26. The minimum Gasteiger partial charge on any atom is -0.478 e. The van der Waals surface area contributed by atoms with E-state index in [-0.39, 0.29) is 0 Å². The molecule has 0 fully saturated rings. The summed E-state index contributed by atoms with van der Waals surface area (Å²) < 4.78 is 0. The van der Waals surface area contributed by atoms with E-state index in [1.165, 1.54) is 0 Å². The van der Waals surface area contributed by atoms with E-state index in [1.54, 1.807) is 0 Å². The number of rotatable bonds is 5. The standard InChI is InChI=1S/C5H12O2.C4H4O4/c1-2-3-4-5(6)7;5-3(6)1-2-4(7)8/h5-7H,2-4H2,1H3;1-2H,(H,5,6)(H,7,8)/b;2-1-. The molecule has 0 heterocycles. The number of hydrogen-bond acceptors (Lipinski definition) is 4. The van der Waals surface area contributed by atoms with Gasteiger partial charge in [0.15, 0.2) is 6.29 Å². The van der Waals surface area contributed by atoms with Crippen molar-refractivity contribution in [3.8, 4) is 0 Å². The summed E-state index contributed by atoms with van der Waals surface area (Å²) >= 11 is 0. The number of carboxylic acid groups (broad SMARTS) is 2. The van der Waals surface area contributed by atoms with Gasteiger partial charge >= 0.3 is 11.9 Å². The van der Waals surface area contributed by atoms with Crippen molar-refractivity contribution in [2.24, 2.45) is 0 Å². The molecule has 0 spiro atoms. The molecule has 0 atom stereocenters. The Kier molecular flexibility index (Phi) is 11.4. The van der Waals surface area contributed by atoms with Gasteiger partial charge in [-0.25, -0.2) is 9.59 Å². The highest BCUT2D eigenvalue weighted by atomic mass is 16.5. The van der Waals surface area contributed by atoms with Crippen LogP contribution in [0.1, 0.15) is 26.2 Å². The van der Waals surface area contributed by atoms with Crippen molar-refractivity contribution in [3.05, 3.63) is 12.2 Å². The Hall–Kier alpha value is -1.40. The Balaban J connectivity index is 0. The summed E-state index contributed by atoms with van der Waals surface area (Å²) in [6.45, 7) is 2.02. The van der Waals surface area contributed by atoms with Gasteiger partial charge < -0.3 is 20.4 Å². The number of hydrogen-bond donors (Lipinski definition) is 4. The molecule has 6 nitrogen and oxygen atoms in total. The average Bonchev–Trinajstić information content (AvgIpc) is 2.12. The second-order valence-electron chi connectivity index (χ2n) is 2.63. The zero-order valence-corrected chi connectivity index (χ0v) is 8.46. The van der Waals surface area contributed by atoms with E-state index in [0.29, 0.717) is 18.6 Å². The monoisotopic (exact) mass is 220 g/mol. The number of carbonyl (C=O) groups is 2. The molecular formula is C9H16O6. The van der Waals surface area contributed by atoms with Crippen LogP contribution in [0.15, 0.2) is 12.2 Å². The number of aliphatic hydroxyl groups excluding tert-OH is 1. The van der Waals surface area contributed by atoms with E-state index in [9.17, 15) is 9.59 Å². The fraction of sp³-hybridized carbons (Fsp3) is 0.556. The number of aliphatic carboxylic acids is 2. The molecule has 0 bridgehead atoms. The summed E-state index contributed by atoms with van der Waals surface area (Å²) in [7, 11) is 0. The lowest BCUT2D eigenvalue weighted by Crippen LogP contribution is -2.02. The average molecular weight is 220 g/mol. The number of aliphatic hydroxyl groups is 2. The van der Waals surface area contributed by atoms with Crippen molar-refractivity contribution < 1.29 is 30.0 Å². The third-order valence-electron chi connectivity index (χ3n) is 1.18. The first kappa shape index (κ1) is 16.0. The summed E-state index contributed by atoms with van der Waals surface area (Å²) in [6, 6.07) is 0. The lowest BCUT2D eigenvalue weighted by Gasteiger charge is -1.97. The van der Waals surface area contributed by atoms with Gasteiger partial charge in [-0.05, 0) is 12.8 Å². The Bertz CT molecular complexity index is 193. The van der Waals surface area contributed by atoms with Crippen molar-refractivity contribution in [2.45, 2.75) is 32.5 Å². The summed E-state index contributed by atoms with van der Waals surface area (Å²) in [4.78, 5) is 19.1. The van der Waals surface area contributed by atoms with Gasteiger partial charge in [-0.3, -0.25) is 0 Å². The quantitative estimate of drug-likeness (QED) is 0.388. The highest BCUT2D eigenvalue weighted by Gasteiger charge is 1.92. The fourth-order valence-electron chi connectivity index (χ4n) is 0.529. The predicted molar refractivity (Wildman–Crippen MR) is 52.2 cm³/mol. The molecule has 0 aliphatic carbocycles. The molecule has 0 aliphatic rings. The second kappa shape index (κ2) is 10.7. The number of unbranched alkanes of at least 4 members (excludes halogenated alkanes) is 1. The Labute approximate surface area is 87.5 Å². The maximum atomic E-state index is 9.55. The second-order valence-corrected chi connectivity index (χ2v) is 2.63. The van der Waals surface area contributed by atoms with Crippen LogP contribution in [0, 0.1) is 0 Å². The van der Waals surface area contributed by atoms with Crippen LogP contribution in [-0.2, 0) is 9.59 Å². The molecule has 0 aromatic carbocycles. The first-order valence-corrected chi connectivity index (χ1v) is 4.40. The molecule has 0 unspecified atom stereocenters. The van der Waals surface area contributed by atoms with E-state index in [1.807, 2.05) is 6.92 Å². The van der Waals surface area contributed by atoms with E-state index in [4.69, 9.17) is 20.4 Å². The van der Waals surface area contributed by atoms with Crippen LogP contribution >= 0.6 is 0 Å². The molecule has 0 saturated carbocycles. The van der Waals surface area contributed by atoms with Crippen molar-refractivity contribution in [3.63, 3.8) is 0 Å². The zero-order valence-electron chi connectivity index (χ0n) is 8.46. The lowest BCUT2D eigenvalue weighted by atomic mass is 10.2. The third kappa shape index (κ3) is 24.5. The van der Waals surface area contributed by atoms with Crippen LogP contribution in [0.4, 0.5) is 0 Å². The van der Waals surface area contributed by atoms with Crippen LogP contribution in [0.3, 0.4) is 0 Å². The van der Waals surface area contributed by atoms with Gasteiger partial charge in [0.2, 0.25) is 0 Å². The smallest absolute Gasteiger partial charge is 0.328 e. The van der Waals surface area contributed by atoms with Gasteiger partial charge in [-0.1, -0.05) is 13.3 Å². The van der Waals surface area contributed by atoms with Crippen molar-refractivity contribution in [2.75, 3.05) is 0 Å². The fourth-order valence-corrected chi connectivity index (χ4v) is 0.529. The van der Waals surface area contributed by atoms with Gasteiger partial charge in [0.25, 0.3) is 0 Å². The molecule has 88 valence electrons. The topological polar surface area (TPSA) is 115 Å². The van der Waals surface area contributed by atoms with Crippen LogP contribution < -0.4 is 0 Å². The normalized spacial score (nSPS) is 9.87. The molecule has 6 heteroatoms. The molecule has 0 saturated heterocycles. The first-order valence-electron chi connectivity index (χ1n) is 4.40. The van der Waals surface area contributed by atoms with Gasteiger partial charge in [0.1, 0.15) is 0 Å². The molecule has 0 rings (SSSR count). The molecule has 0 aromatic rings. The molecule has 15 heavy (non-hydrogen) atoms. The van der Waals surface area contributed by atoms with Crippen LogP contribution in [0.2, 0.25) is 0 Å². The maximum absolute atomic E-state index is 9.55. The van der Waals surface area contributed by atoms with E-state index in [2.05, 4.69) is 0 Å². The Morgan fingerprint density at radius 2 is 1.53 bits per heavy atom. The van der Waals surface area contributed by atoms with Gasteiger partial charge in [0.05, 0.1) is 0 Å². The highest BCUT2D eigenvalue weighted by molar-refractivity contribution is 5.89. The van der Waals surface area contributed by atoms with E-state index >= 15 is 0 Å². The van der Waals surface area contributed by atoms with Crippen molar-refractivity contribution in [1.29, 1.82) is 0 Å². The molecule has 0 aliphatic heterocycles. The molecular weight excluding hydrogens is 204 g/mol. The van der Waals surface area contributed by atoms with Gasteiger partial charge in [0, 0.05) is 12.2 Å². The first-order chi connectivity index (χ1) is 6.90. The molecule has 0 radical (unpaired) electrons. The number of carboxylic acids is 2. The van der Waals surface area contributed by atoms with E-state index in [0.717, 1.165) is 12.8 Å². The van der Waals surface area contributed by atoms with Crippen LogP contribution in [0.5, 0.6) is 0 Å².